The van der Waals surface area contributed by atoms with Gasteiger partial charge in [0.2, 0.25) is 0 Å². The predicted octanol–water partition coefficient (Wildman–Crippen LogP) is 3.59. The van der Waals surface area contributed by atoms with Gasteiger partial charge in [0.15, 0.2) is 11.5 Å². The Hall–Kier alpha value is -3.46. The van der Waals surface area contributed by atoms with Crippen LogP contribution in [0.25, 0.3) is 0 Å². The quantitative estimate of drug-likeness (QED) is 0.336. The van der Waals surface area contributed by atoms with Crippen LogP contribution in [0.3, 0.4) is 0 Å². The Labute approximate surface area is 206 Å². The third-order valence-corrected chi connectivity index (χ3v) is 6.54. The molecular weight excluding hydrogens is 478 g/mol. The van der Waals surface area contributed by atoms with E-state index in [0.717, 1.165) is 16.7 Å². The minimum Gasteiger partial charge on any atom is -0.460 e. The lowest BCUT2D eigenvalue weighted by Crippen LogP contribution is -2.56. The molecule has 9 nitrogen and oxygen atoms in total. The molecule has 5 rings (SSSR count). The molecule has 1 amide bonds. The molecule has 2 aromatic carbocycles. The van der Waals surface area contributed by atoms with Crippen LogP contribution in [-0.2, 0) is 36.6 Å². The second kappa shape index (κ2) is 8.96. The molecule has 0 saturated carbocycles. The number of rotatable bonds is 6. The predicted molar refractivity (Wildman–Crippen MR) is 122 cm³/mol. The Morgan fingerprint density at radius 1 is 1.09 bits per heavy atom. The Balaban J connectivity index is 1.38. The lowest BCUT2D eigenvalue weighted by molar-refractivity contribution is -0.202. The lowest BCUT2D eigenvalue weighted by atomic mass is 10.1. The van der Waals surface area contributed by atoms with Crippen molar-refractivity contribution in [1.82, 2.24) is 4.90 Å². The highest BCUT2D eigenvalue weighted by atomic mass is 35.5. The van der Waals surface area contributed by atoms with Gasteiger partial charge in [0, 0.05) is 16.6 Å². The van der Waals surface area contributed by atoms with Crippen LogP contribution in [0.1, 0.15) is 36.6 Å². The number of hydrogen-bond donors (Lipinski definition) is 0. The highest BCUT2D eigenvalue weighted by Gasteiger charge is 2.60. The topological polar surface area (TPSA) is 101 Å². The first-order valence-electron chi connectivity index (χ1n) is 11.5. The maximum atomic E-state index is 12.7. The average Bonchev–Trinajstić information content (AvgIpc) is 3.54. The number of carbonyl (C=O) groups is 3. The maximum absolute atomic E-state index is 12.7. The number of halogens is 1. The summed E-state index contributed by atoms with van der Waals surface area (Å²) in [4.78, 5) is 39.8. The van der Waals surface area contributed by atoms with Gasteiger partial charge >= 0.3 is 23.8 Å². The first kappa shape index (κ1) is 23.3. The number of benzene rings is 2. The molecule has 0 N–H and O–H groups in total. The van der Waals surface area contributed by atoms with Crippen LogP contribution in [0.5, 0.6) is 11.5 Å². The zero-order chi connectivity index (χ0) is 24.7. The van der Waals surface area contributed by atoms with Crippen LogP contribution in [0.15, 0.2) is 36.4 Å². The van der Waals surface area contributed by atoms with E-state index in [4.69, 9.17) is 35.3 Å². The molecule has 0 aromatic heterocycles. The van der Waals surface area contributed by atoms with E-state index in [9.17, 15) is 14.4 Å². The van der Waals surface area contributed by atoms with Gasteiger partial charge in [-0.25, -0.2) is 14.4 Å². The number of fused-ring (bicyclic) bond motifs is 3. The number of hydrogen-bond acceptors (Lipinski definition) is 8. The Bertz CT molecular complexity index is 1180. The van der Waals surface area contributed by atoms with Gasteiger partial charge in [0.25, 0.3) is 0 Å². The molecule has 2 unspecified atom stereocenters. The summed E-state index contributed by atoms with van der Waals surface area (Å²) in [7, 11) is 0. The maximum Gasteiger partial charge on any atom is 0.453 e. The fourth-order valence-corrected chi connectivity index (χ4v) is 4.92. The van der Waals surface area contributed by atoms with Gasteiger partial charge < -0.3 is 28.6 Å². The number of amides is 1. The smallest absolute Gasteiger partial charge is 0.453 e. The van der Waals surface area contributed by atoms with Gasteiger partial charge in [-0.1, -0.05) is 29.8 Å². The summed E-state index contributed by atoms with van der Waals surface area (Å²) in [5, 5.41) is 0.574. The fraction of sp³-hybridized carbons (Fsp3) is 0.400. The van der Waals surface area contributed by atoms with Gasteiger partial charge in [-0.05, 0) is 56.0 Å². The van der Waals surface area contributed by atoms with Gasteiger partial charge in [-0.15, -0.1) is 0 Å². The summed E-state index contributed by atoms with van der Waals surface area (Å²) in [5.41, 5.74) is 2.52. The van der Waals surface area contributed by atoms with E-state index in [1.165, 1.54) is 0 Å². The molecule has 2 heterocycles. The van der Waals surface area contributed by atoms with E-state index >= 15 is 0 Å². The largest absolute Gasteiger partial charge is 0.460 e. The van der Waals surface area contributed by atoms with E-state index in [0.29, 0.717) is 24.4 Å². The van der Waals surface area contributed by atoms with Crippen molar-refractivity contribution in [3.63, 3.8) is 0 Å². The molecular formula is C25H24ClNO8. The zero-order valence-corrected chi connectivity index (χ0v) is 20.0. The van der Waals surface area contributed by atoms with Gasteiger partial charge in [0.05, 0.1) is 19.8 Å². The lowest BCUT2D eigenvalue weighted by Gasteiger charge is -2.23. The molecule has 2 atom stereocenters. The highest BCUT2D eigenvalue weighted by molar-refractivity contribution is 6.30. The summed E-state index contributed by atoms with van der Waals surface area (Å²) < 4.78 is 27.3. The molecule has 35 heavy (non-hydrogen) atoms. The minimum atomic E-state index is -2.36. The van der Waals surface area contributed by atoms with Gasteiger partial charge in [-0.3, -0.25) is 0 Å². The zero-order valence-electron chi connectivity index (χ0n) is 19.2. The molecule has 10 heteroatoms. The van der Waals surface area contributed by atoms with Crippen molar-refractivity contribution in [2.24, 2.45) is 0 Å². The number of esters is 2. The minimum absolute atomic E-state index is 0.0358. The molecule has 1 aliphatic carbocycles. The number of nitrogens with zero attached hydrogens (tertiary/aromatic N) is 1. The molecule has 0 spiro atoms. The molecule has 0 radical (unpaired) electrons. The summed E-state index contributed by atoms with van der Waals surface area (Å²) in [6.45, 7) is 3.69. The molecule has 1 fully saturated rings. The Morgan fingerprint density at radius 3 is 2.51 bits per heavy atom. The van der Waals surface area contributed by atoms with Crippen LogP contribution >= 0.6 is 11.6 Å². The van der Waals surface area contributed by atoms with Crippen molar-refractivity contribution in [3.8, 4) is 11.5 Å². The van der Waals surface area contributed by atoms with Crippen LogP contribution in [0, 0.1) is 0 Å². The molecule has 0 bridgehead atoms. The van der Waals surface area contributed by atoms with E-state index in [1.54, 1.807) is 36.9 Å². The first-order valence-corrected chi connectivity index (χ1v) is 11.8. The first-order chi connectivity index (χ1) is 16.9. The summed E-state index contributed by atoms with van der Waals surface area (Å²) in [6.07, 6.45) is 0.181. The van der Waals surface area contributed by atoms with Crippen LogP contribution < -0.4 is 9.47 Å². The number of ether oxygens (including phenoxy) is 5. The second-order valence-electron chi connectivity index (χ2n) is 8.43. The number of cyclic esters (lactones) is 1. The van der Waals surface area contributed by atoms with E-state index in [1.807, 2.05) is 18.2 Å². The monoisotopic (exact) mass is 501 g/mol. The summed E-state index contributed by atoms with van der Waals surface area (Å²) in [6, 6.07) is 10.6. The van der Waals surface area contributed by atoms with Crippen molar-refractivity contribution in [2.45, 2.75) is 44.6 Å². The Morgan fingerprint density at radius 2 is 1.83 bits per heavy atom. The van der Waals surface area contributed by atoms with Crippen molar-refractivity contribution in [1.29, 1.82) is 0 Å². The summed E-state index contributed by atoms with van der Waals surface area (Å²) >= 11 is 6.10. The van der Waals surface area contributed by atoms with Crippen molar-refractivity contribution >= 4 is 29.6 Å². The van der Waals surface area contributed by atoms with Gasteiger partial charge in [-0.2, -0.15) is 0 Å². The van der Waals surface area contributed by atoms with E-state index in [-0.39, 0.29) is 30.8 Å². The van der Waals surface area contributed by atoms with Crippen molar-refractivity contribution in [3.05, 3.63) is 58.1 Å². The fourth-order valence-electron chi connectivity index (χ4n) is 4.72. The van der Waals surface area contributed by atoms with Gasteiger partial charge in [0.1, 0.15) is 6.10 Å². The standard InChI is InChI=1S/C25H24ClNO8/c1-3-31-22(28)25(23(29)32-4-2)34-19-9-8-14-11-17(12-18(14)21(19)35-25)27-13-20(33-24(27)30)15-6-5-7-16(26)10-15/h5-10,17,20H,3-4,11-13H2,1-2H3. The third kappa shape index (κ3) is 3.93. The highest BCUT2D eigenvalue weighted by Crippen LogP contribution is 2.48. The summed E-state index contributed by atoms with van der Waals surface area (Å²) in [5.74, 6) is -3.79. The van der Waals surface area contributed by atoms with Crippen LogP contribution in [0.4, 0.5) is 4.79 Å². The van der Waals surface area contributed by atoms with Crippen molar-refractivity contribution in [2.75, 3.05) is 19.8 Å². The average molecular weight is 502 g/mol. The molecule has 184 valence electrons. The molecule has 2 aromatic rings. The van der Waals surface area contributed by atoms with Crippen LogP contribution in [-0.4, -0.2) is 54.5 Å². The van der Waals surface area contributed by atoms with E-state index < -0.39 is 29.9 Å². The second-order valence-corrected chi connectivity index (χ2v) is 8.87. The SMILES string of the molecule is CCOC(=O)C1(C(=O)OCC)Oc2ccc3c(c2O1)CC(N1CC(c2cccc(Cl)c2)OC1=O)C3. The van der Waals surface area contributed by atoms with Crippen LogP contribution in [0.2, 0.25) is 5.02 Å². The molecule has 2 aliphatic heterocycles. The third-order valence-electron chi connectivity index (χ3n) is 6.31. The van der Waals surface area contributed by atoms with Crippen molar-refractivity contribution < 1.29 is 38.1 Å². The molecule has 3 aliphatic rings. The normalized spacial score (nSPS) is 21.5. The Kier molecular flexibility index (Phi) is 5.96. The number of carbonyl (C=O) groups excluding carboxylic acids is 3. The van der Waals surface area contributed by atoms with E-state index in [2.05, 4.69) is 0 Å². The molecule has 1 saturated heterocycles.